The zero-order chi connectivity index (χ0) is 27.7. The monoisotopic (exact) mass is 577 g/mol. The third kappa shape index (κ3) is 7.31. The average molecular weight is 579 g/mol. The molecule has 0 aliphatic carbocycles. The molecule has 206 valence electrons. The maximum Gasteiger partial charge on any atom is 0.250 e. The van der Waals surface area contributed by atoms with Gasteiger partial charge in [-0.3, -0.25) is 0 Å². The van der Waals surface area contributed by atoms with Crippen molar-refractivity contribution >= 4 is 52.9 Å². The number of benzene rings is 3. The summed E-state index contributed by atoms with van der Waals surface area (Å²) in [5.74, 6) is 2.60. The number of hydrazone groups is 1. The molecule has 0 unspecified atom stereocenters. The summed E-state index contributed by atoms with van der Waals surface area (Å²) >= 11 is 12.3. The molecular formula is C29H29Cl2N7O2. The van der Waals surface area contributed by atoms with Gasteiger partial charge >= 0.3 is 0 Å². The fourth-order valence-electron chi connectivity index (χ4n) is 4.13. The van der Waals surface area contributed by atoms with Crippen molar-refractivity contribution in [2.45, 2.75) is 26.4 Å². The van der Waals surface area contributed by atoms with Gasteiger partial charge in [0.15, 0.2) is 11.5 Å². The van der Waals surface area contributed by atoms with Crippen molar-refractivity contribution in [3.63, 3.8) is 0 Å². The molecule has 0 spiro atoms. The van der Waals surface area contributed by atoms with E-state index in [9.17, 15) is 0 Å². The molecule has 3 aromatic carbocycles. The van der Waals surface area contributed by atoms with E-state index < -0.39 is 0 Å². The Labute approximate surface area is 243 Å². The molecule has 1 aliphatic rings. The Balaban J connectivity index is 1.30. The quantitative estimate of drug-likeness (QED) is 0.146. The van der Waals surface area contributed by atoms with Crippen LogP contribution in [0.4, 0.5) is 23.5 Å². The second-order valence-electron chi connectivity index (χ2n) is 9.00. The number of aromatic nitrogens is 3. The highest BCUT2D eigenvalue weighted by Crippen LogP contribution is 2.30. The van der Waals surface area contributed by atoms with Crippen LogP contribution in [0.25, 0.3) is 0 Å². The predicted octanol–water partition coefficient (Wildman–Crippen LogP) is 6.95. The lowest BCUT2D eigenvalue weighted by Gasteiger charge is -2.16. The number of para-hydroxylation sites is 1. The molecule has 5 rings (SSSR count). The lowest BCUT2D eigenvalue weighted by Crippen LogP contribution is -2.21. The van der Waals surface area contributed by atoms with Gasteiger partial charge < -0.3 is 19.7 Å². The first kappa shape index (κ1) is 27.5. The van der Waals surface area contributed by atoms with Crippen molar-refractivity contribution in [2.24, 2.45) is 5.10 Å². The van der Waals surface area contributed by atoms with Gasteiger partial charge in [-0.1, -0.05) is 47.5 Å². The minimum Gasteiger partial charge on any atom is -0.490 e. The third-order valence-corrected chi connectivity index (χ3v) is 6.67. The average Bonchev–Trinajstić information content (AvgIpc) is 3.50. The largest absolute Gasteiger partial charge is 0.490 e. The summed E-state index contributed by atoms with van der Waals surface area (Å²) in [5, 5.41) is 8.75. The van der Waals surface area contributed by atoms with E-state index in [2.05, 4.69) is 35.7 Å². The Kier molecular flexibility index (Phi) is 9.15. The van der Waals surface area contributed by atoms with Gasteiger partial charge in [-0.05, 0) is 67.8 Å². The smallest absolute Gasteiger partial charge is 0.250 e. The molecule has 1 aromatic heterocycles. The number of rotatable bonds is 11. The Morgan fingerprint density at radius 2 is 1.70 bits per heavy atom. The molecule has 0 saturated carbocycles. The van der Waals surface area contributed by atoms with Crippen LogP contribution in [0.15, 0.2) is 71.8 Å². The van der Waals surface area contributed by atoms with Gasteiger partial charge in [0, 0.05) is 34.4 Å². The third-order valence-electron chi connectivity index (χ3n) is 6.09. The fourth-order valence-corrected chi connectivity index (χ4v) is 4.59. The van der Waals surface area contributed by atoms with Crippen LogP contribution in [0.3, 0.4) is 0 Å². The van der Waals surface area contributed by atoms with Gasteiger partial charge in [0.25, 0.3) is 0 Å². The van der Waals surface area contributed by atoms with Crippen molar-refractivity contribution in [2.75, 3.05) is 35.3 Å². The summed E-state index contributed by atoms with van der Waals surface area (Å²) in [5.41, 5.74) is 5.48. The second-order valence-corrected chi connectivity index (χ2v) is 9.85. The molecule has 0 atom stereocenters. The van der Waals surface area contributed by atoms with E-state index >= 15 is 0 Å². The molecule has 9 nitrogen and oxygen atoms in total. The maximum absolute atomic E-state index is 6.29. The van der Waals surface area contributed by atoms with Crippen molar-refractivity contribution in [1.82, 2.24) is 15.0 Å². The molecule has 4 aromatic rings. The summed E-state index contributed by atoms with van der Waals surface area (Å²) in [6.45, 7) is 4.51. The molecule has 0 amide bonds. The van der Waals surface area contributed by atoms with E-state index in [-0.39, 0.29) is 6.61 Å². The Morgan fingerprint density at radius 1 is 0.900 bits per heavy atom. The van der Waals surface area contributed by atoms with Gasteiger partial charge in [0.1, 0.15) is 6.61 Å². The number of anilines is 4. The normalized spacial score (nSPS) is 13.0. The number of nitrogens with zero attached hydrogens (tertiary/aromatic N) is 5. The van der Waals surface area contributed by atoms with E-state index in [1.165, 1.54) is 0 Å². The van der Waals surface area contributed by atoms with E-state index in [1.54, 1.807) is 18.3 Å². The molecule has 1 saturated heterocycles. The highest BCUT2D eigenvalue weighted by atomic mass is 35.5. The molecule has 2 N–H and O–H groups in total. The Hall–Kier alpha value is -4.08. The van der Waals surface area contributed by atoms with Crippen LogP contribution in [-0.4, -0.2) is 40.9 Å². The first-order valence-corrected chi connectivity index (χ1v) is 13.8. The molecule has 0 radical (unpaired) electrons. The summed E-state index contributed by atoms with van der Waals surface area (Å²) < 4.78 is 11.8. The van der Waals surface area contributed by atoms with Crippen LogP contribution >= 0.6 is 23.2 Å². The number of hydrogen-bond donors (Lipinski definition) is 2. The number of nitrogens with one attached hydrogen (secondary N) is 2. The van der Waals surface area contributed by atoms with Gasteiger partial charge in [0.2, 0.25) is 17.8 Å². The molecule has 1 fully saturated rings. The van der Waals surface area contributed by atoms with E-state index in [0.29, 0.717) is 46.0 Å². The molecule has 40 heavy (non-hydrogen) atoms. The summed E-state index contributed by atoms with van der Waals surface area (Å²) in [7, 11) is 0. The summed E-state index contributed by atoms with van der Waals surface area (Å²) in [6, 6.07) is 20.7. The lowest BCUT2D eigenvalue weighted by atomic mass is 10.2. The van der Waals surface area contributed by atoms with Crippen LogP contribution in [0.2, 0.25) is 10.0 Å². The van der Waals surface area contributed by atoms with Crippen LogP contribution in [0.5, 0.6) is 11.5 Å². The maximum atomic E-state index is 6.29. The van der Waals surface area contributed by atoms with Crippen molar-refractivity contribution in [1.29, 1.82) is 0 Å². The second kappa shape index (κ2) is 13.3. The lowest BCUT2D eigenvalue weighted by molar-refractivity contribution is 0.269. The Morgan fingerprint density at radius 3 is 2.48 bits per heavy atom. The van der Waals surface area contributed by atoms with Crippen molar-refractivity contribution in [3.05, 3.63) is 87.9 Å². The van der Waals surface area contributed by atoms with E-state index in [4.69, 9.17) is 32.7 Å². The zero-order valence-electron chi connectivity index (χ0n) is 22.0. The molecular weight excluding hydrogens is 549 g/mol. The summed E-state index contributed by atoms with van der Waals surface area (Å²) in [4.78, 5) is 15.9. The van der Waals surface area contributed by atoms with Crippen LogP contribution in [-0.2, 0) is 6.61 Å². The number of hydrogen-bond acceptors (Lipinski definition) is 9. The minimum absolute atomic E-state index is 0.281. The first-order chi connectivity index (χ1) is 19.6. The molecule has 0 bridgehead atoms. The van der Waals surface area contributed by atoms with Crippen LogP contribution in [0.1, 0.15) is 30.9 Å². The minimum atomic E-state index is 0.281. The number of halogens is 2. The summed E-state index contributed by atoms with van der Waals surface area (Å²) in [6.07, 6.45) is 3.90. The van der Waals surface area contributed by atoms with Crippen LogP contribution < -0.4 is 25.1 Å². The van der Waals surface area contributed by atoms with E-state index in [1.807, 2.05) is 61.5 Å². The SMILES string of the molecule is CCOc1cc(/C=N\Nc2nc(Nc3ccccc3)nc(N3CCCC3)n2)ccc1OCc1ccc(Cl)cc1Cl. The van der Waals surface area contributed by atoms with Gasteiger partial charge in [0.05, 0.1) is 12.8 Å². The van der Waals surface area contributed by atoms with Gasteiger partial charge in [-0.15, -0.1) is 0 Å². The van der Waals surface area contributed by atoms with Crippen molar-refractivity contribution < 1.29 is 9.47 Å². The standard InChI is InChI=1S/C29H29Cl2N7O2/c1-2-39-26-16-20(10-13-25(26)40-19-21-11-12-22(30)17-24(21)31)18-32-37-28-34-27(33-23-8-4-3-5-9-23)35-29(36-28)38-14-6-7-15-38/h3-5,8-13,16-18H,2,6-7,14-15,19H2,1H3,(H2,33,34,35,36,37)/b32-18-. The topological polar surface area (TPSA) is 96.8 Å². The highest BCUT2D eigenvalue weighted by molar-refractivity contribution is 6.35. The zero-order valence-corrected chi connectivity index (χ0v) is 23.5. The van der Waals surface area contributed by atoms with Crippen molar-refractivity contribution in [3.8, 4) is 11.5 Å². The van der Waals surface area contributed by atoms with Gasteiger partial charge in [-0.25, -0.2) is 5.43 Å². The fraction of sp³-hybridized carbons (Fsp3) is 0.241. The molecule has 2 heterocycles. The molecule has 1 aliphatic heterocycles. The first-order valence-electron chi connectivity index (χ1n) is 13.0. The molecule has 11 heteroatoms. The number of ether oxygens (including phenoxy) is 2. The Bertz CT molecular complexity index is 1460. The van der Waals surface area contributed by atoms with Gasteiger partial charge in [-0.2, -0.15) is 20.1 Å². The van der Waals surface area contributed by atoms with Crippen LogP contribution in [0, 0.1) is 0 Å². The van der Waals surface area contributed by atoms with E-state index in [0.717, 1.165) is 42.7 Å². The highest BCUT2D eigenvalue weighted by Gasteiger charge is 2.17. The predicted molar refractivity (Wildman–Crippen MR) is 161 cm³/mol.